The highest BCUT2D eigenvalue weighted by molar-refractivity contribution is 5.75. The largest absolute Gasteiger partial charge is 0.481 e. The molecule has 1 N–H and O–H groups in total. The second-order valence-corrected chi connectivity index (χ2v) is 7.40. The first-order chi connectivity index (χ1) is 10.1. The van der Waals surface area contributed by atoms with Gasteiger partial charge in [-0.15, -0.1) is 0 Å². The summed E-state index contributed by atoms with van der Waals surface area (Å²) in [6.45, 7) is 4.68. The number of rotatable bonds is 3. The molecule has 1 spiro atoms. The fourth-order valence-corrected chi connectivity index (χ4v) is 4.77. The lowest BCUT2D eigenvalue weighted by atomic mass is 9.76. The first-order valence-electron chi connectivity index (χ1n) is 8.71. The van der Waals surface area contributed by atoms with Gasteiger partial charge in [0, 0.05) is 19.2 Å². The molecule has 2 aliphatic heterocycles. The van der Waals surface area contributed by atoms with Gasteiger partial charge in [0.05, 0.1) is 11.0 Å². The lowest BCUT2D eigenvalue weighted by Gasteiger charge is -2.47. The number of carboxylic acids is 1. The summed E-state index contributed by atoms with van der Waals surface area (Å²) in [4.78, 5) is 14.2. The summed E-state index contributed by atoms with van der Waals surface area (Å²) in [6.07, 6.45) is 9.78. The molecule has 0 bridgehead atoms. The molecule has 0 radical (unpaired) electrons. The minimum atomic E-state index is -0.600. The van der Waals surface area contributed by atoms with Gasteiger partial charge in [-0.1, -0.05) is 19.8 Å². The minimum Gasteiger partial charge on any atom is -0.481 e. The number of carboxylic acid groups (broad SMARTS) is 1. The Bertz CT molecular complexity index is 391. The molecule has 2 heterocycles. The molecule has 4 heteroatoms. The predicted molar refractivity (Wildman–Crippen MR) is 81.3 cm³/mol. The van der Waals surface area contributed by atoms with Gasteiger partial charge in [-0.2, -0.15) is 0 Å². The normalized spacial score (nSPS) is 36.9. The van der Waals surface area contributed by atoms with Crippen LogP contribution in [0.1, 0.15) is 64.7 Å². The van der Waals surface area contributed by atoms with Gasteiger partial charge in [-0.05, 0) is 51.5 Å². The van der Waals surface area contributed by atoms with Crippen LogP contribution in [0.3, 0.4) is 0 Å². The number of nitrogens with zero attached hydrogens (tertiary/aromatic N) is 1. The van der Waals surface area contributed by atoms with Crippen molar-refractivity contribution < 1.29 is 14.6 Å². The Morgan fingerprint density at radius 3 is 2.71 bits per heavy atom. The monoisotopic (exact) mass is 295 g/mol. The van der Waals surface area contributed by atoms with E-state index in [1.54, 1.807) is 0 Å². The molecule has 0 aromatic heterocycles. The fraction of sp³-hybridized carbons (Fsp3) is 0.941. The van der Waals surface area contributed by atoms with Crippen molar-refractivity contribution in [2.75, 3.05) is 19.7 Å². The van der Waals surface area contributed by atoms with E-state index in [1.807, 2.05) is 6.92 Å². The van der Waals surface area contributed by atoms with E-state index in [-0.39, 0.29) is 5.60 Å². The molecular weight excluding hydrogens is 266 g/mol. The maximum atomic E-state index is 11.7. The van der Waals surface area contributed by atoms with Crippen molar-refractivity contribution >= 4 is 5.97 Å². The van der Waals surface area contributed by atoms with Gasteiger partial charge in [0.15, 0.2) is 0 Å². The number of piperidine rings is 1. The van der Waals surface area contributed by atoms with Gasteiger partial charge in [0.2, 0.25) is 0 Å². The van der Waals surface area contributed by atoms with Crippen LogP contribution in [0.25, 0.3) is 0 Å². The predicted octanol–water partition coefficient (Wildman–Crippen LogP) is 3.06. The van der Waals surface area contributed by atoms with Crippen LogP contribution >= 0.6 is 0 Å². The average Bonchev–Trinajstić information content (AvgIpc) is 2.95. The molecule has 0 amide bonds. The highest BCUT2D eigenvalue weighted by Crippen LogP contribution is 2.43. The fourth-order valence-electron chi connectivity index (χ4n) is 4.77. The second kappa shape index (κ2) is 5.88. The smallest absolute Gasteiger partial charge is 0.310 e. The molecule has 1 aliphatic carbocycles. The van der Waals surface area contributed by atoms with E-state index in [4.69, 9.17) is 4.74 Å². The van der Waals surface area contributed by atoms with Gasteiger partial charge >= 0.3 is 5.97 Å². The Morgan fingerprint density at radius 2 is 2.05 bits per heavy atom. The summed E-state index contributed by atoms with van der Waals surface area (Å²) in [6, 6.07) is 0.530. The van der Waals surface area contributed by atoms with Gasteiger partial charge in [-0.3, -0.25) is 9.69 Å². The van der Waals surface area contributed by atoms with E-state index in [2.05, 4.69) is 4.90 Å². The quantitative estimate of drug-likeness (QED) is 0.869. The maximum Gasteiger partial charge on any atom is 0.310 e. The van der Waals surface area contributed by atoms with Crippen molar-refractivity contribution in [1.29, 1.82) is 0 Å². The standard InChI is InChI=1S/C17H29NO3/c1-2-16(15(19)20)7-5-10-18(13-16)14-6-11-21-17(12-14)8-3-4-9-17/h14H,2-13H2,1H3,(H,19,20). The van der Waals surface area contributed by atoms with Crippen LogP contribution in [0, 0.1) is 5.41 Å². The molecule has 0 aromatic carbocycles. The maximum absolute atomic E-state index is 11.7. The molecule has 120 valence electrons. The van der Waals surface area contributed by atoms with Crippen LogP contribution in [0.4, 0.5) is 0 Å². The molecule has 2 saturated heterocycles. The first-order valence-corrected chi connectivity index (χ1v) is 8.71. The van der Waals surface area contributed by atoms with Crippen LogP contribution in [0.15, 0.2) is 0 Å². The van der Waals surface area contributed by atoms with E-state index >= 15 is 0 Å². The van der Waals surface area contributed by atoms with E-state index in [0.29, 0.717) is 6.04 Å². The molecule has 2 atom stereocenters. The lowest BCUT2D eigenvalue weighted by Crippen LogP contribution is -2.54. The average molecular weight is 295 g/mol. The zero-order chi connectivity index (χ0) is 14.9. The minimum absolute atomic E-state index is 0.123. The van der Waals surface area contributed by atoms with Crippen LogP contribution in [-0.2, 0) is 9.53 Å². The van der Waals surface area contributed by atoms with E-state index in [9.17, 15) is 9.90 Å². The van der Waals surface area contributed by atoms with E-state index < -0.39 is 11.4 Å². The van der Waals surface area contributed by atoms with Crippen LogP contribution in [0.5, 0.6) is 0 Å². The second-order valence-electron chi connectivity index (χ2n) is 7.40. The number of aliphatic carboxylic acids is 1. The third kappa shape index (κ3) is 2.85. The number of likely N-dealkylation sites (tertiary alicyclic amines) is 1. The Morgan fingerprint density at radius 1 is 1.29 bits per heavy atom. The Balaban J connectivity index is 1.69. The molecule has 0 aromatic rings. The molecule has 21 heavy (non-hydrogen) atoms. The van der Waals surface area contributed by atoms with Crippen molar-refractivity contribution in [1.82, 2.24) is 4.90 Å². The summed E-state index contributed by atoms with van der Waals surface area (Å²) in [7, 11) is 0. The van der Waals surface area contributed by atoms with Gasteiger partial charge in [-0.25, -0.2) is 0 Å². The van der Waals surface area contributed by atoms with Crippen LogP contribution in [0.2, 0.25) is 0 Å². The van der Waals surface area contributed by atoms with Crippen molar-refractivity contribution in [3.8, 4) is 0 Å². The highest BCUT2D eigenvalue weighted by atomic mass is 16.5. The topological polar surface area (TPSA) is 49.8 Å². The first kappa shape index (κ1) is 15.3. The molecule has 1 saturated carbocycles. The Labute approximate surface area is 127 Å². The van der Waals surface area contributed by atoms with Gasteiger partial charge < -0.3 is 9.84 Å². The van der Waals surface area contributed by atoms with E-state index in [0.717, 1.165) is 51.8 Å². The summed E-state index contributed by atoms with van der Waals surface area (Å²) in [5.74, 6) is -0.600. The van der Waals surface area contributed by atoms with Gasteiger partial charge in [0.25, 0.3) is 0 Å². The summed E-state index contributed by atoms with van der Waals surface area (Å²) < 4.78 is 6.13. The molecule has 2 unspecified atom stereocenters. The zero-order valence-corrected chi connectivity index (χ0v) is 13.3. The summed E-state index contributed by atoms with van der Waals surface area (Å²) in [5.41, 5.74) is -0.391. The lowest BCUT2D eigenvalue weighted by molar-refractivity contribution is -0.156. The van der Waals surface area contributed by atoms with Crippen molar-refractivity contribution in [2.45, 2.75) is 76.4 Å². The molecule has 3 aliphatic rings. The van der Waals surface area contributed by atoms with Crippen LogP contribution in [-0.4, -0.2) is 47.3 Å². The third-order valence-electron chi connectivity index (χ3n) is 6.24. The van der Waals surface area contributed by atoms with Crippen molar-refractivity contribution in [2.24, 2.45) is 5.41 Å². The number of ether oxygens (including phenoxy) is 1. The summed E-state index contributed by atoms with van der Waals surface area (Å²) >= 11 is 0. The van der Waals surface area contributed by atoms with Gasteiger partial charge in [0.1, 0.15) is 0 Å². The SMILES string of the molecule is CCC1(C(=O)O)CCCN(C2CCOC3(CCCC3)C2)C1. The highest BCUT2D eigenvalue weighted by Gasteiger charge is 2.46. The van der Waals surface area contributed by atoms with Crippen molar-refractivity contribution in [3.05, 3.63) is 0 Å². The number of carbonyl (C=O) groups is 1. The number of hydrogen-bond donors (Lipinski definition) is 1. The number of hydrogen-bond acceptors (Lipinski definition) is 3. The molecule has 3 fully saturated rings. The molecule has 4 nitrogen and oxygen atoms in total. The van der Waals surface area contributed by atoms with Crippen molar-refractivity contribution in [3.63, 3.8) is 0 Å². The molecular formula is C17H29NO3. The Hall–Kier alpha value is -0.610. The Kier molecular flexibility index (Phi) is 4.28. The molecule has 3 rings (SSSR count). The summed E-state index contributed by atoms with van der Waals surface area (Å²) in [5, 5.41) is 9.66. The van der Waals surface area contributed by atoms with Crippen LogP contribution < -0.4 is 0 Å². The van der Waals surface area contributed by atoms with E-state index in [1.165, 1.54) is 25.7 Å². The third-order valence-corrected chi connectivity index (χ3v) is 6.24. The zero-order valence-electron chi connectivity index (χ0n) is 13.3.